The summed E-state index contributed by atoms with van der Waals surface area (Å²) in [5.74, 6) is -0.220. The van der Waals surface area contributed by atoms with Gasteiger partial charge in [-0.3, -0.25) is 9.48 Å². The van der Waals surface area contributed by atoms with Crippen LogP contribution in [0.4, 0.5) is 0 Å². The van der Waals surface area contributed by atoms with Gasteiger partial charge < -0.3 is 0 Å². The van der Waals surface area contributed by atoms with Crippen molar-refractivity contribution in [3.63, 3.8) is 0 Å². The molecule has 1 aliphatic rings. The Bertz CT molecular complexity index is 565. The van der Waals surface area contributed by atoms with E-state index in [1.54, 1.807) is 0 Å². The molecular formula is C11H15BrN2O3S. The van der Waals surface area contributed by atoms with Crippen LogP contribution in [-0.2, 0) is 16.4 Å². The lowest BCUT2D eigenvalue weighted by atomic mass is 10.1. The minimum atomic E-state index is -3.30. The third-order valence-corrected chi connectivity index (χ3v) is 5.95. The van der Waals surface area contributed by atoms with Gasteiger partial charge in [-0.2, -0.15) is 5.10 Å². The quantitative estimate of drug-likeness (QED) is 0.790. The Morgan fingerprint density at radius 2 is 2.28 bits per heavy atom. The Morgan fingerprint density at radius 3 is 2.89 bits per heavy atom. The van der Waals surface area contributed by atoms with Crippen molar-refractivity contribution >= 4 is 31.6 Å². The van der Waals surface area contributed by atoms with E-state index in [9.17, 15) is 13.2 Å². The monoisotopic (exact) mass is 334 g/mol. The van der Waals surface area contributed by atoms with E-state index in [1.165, 1.54) is 10.9 Å². The van der Waals surface area contributed by atoms with Crippen LogP contribution in [0.5, 0.6) is 0 Å². The minimum Gasteiger partial charge on any atom is -0.291 e. The van der Waals surface area contributed by atoms with Gasteiger partial charge in [0.05, 0.1) is 16.4 Å². The lowest BCUT2D eigenvalue weighted by Crippen LogP contribution is -2.36. The van der Waals surface area contributed by atoms with E-state index < -0.39 is 15.1 Å². The van der Waals surface area contributed by atoms with E-state index >= 15 is 0 Å². The SMILES string of the molecule is CCn1ncc(Br)c1C(=O)C1CCCCS1(=O)=O. The fourth-order valence-electron chi connectivity index (χ4n) is 2.25. The predicted octanol–water partition coefficient (Wildman–Crippen LogP) is 1.82. The van der Waals surface area contributed by atoms with E-state index in [1.807, 2.05) is 6.92 Å². The fraction of sp³-hybridized carbons (Fsp3) is 0.636. The number of Topliss-reactive ketones (excluding diaryl/α,β-unsaturated/α-hetero) is 1. The van der Waals surface area contributed by atoms with Gasteiger partial charge in [-0.1, -0.05) is 6.42 Å². The van der Waals surface area contributed by atoms with Crippen LogP contribution in [0.25, 0.3) is 0 Å². The standard InChI is InChI=1S/C11H15BrN2O3S/c1-2-14-10(8(12)7-13-14)11(15)9-5-3-4-6-18(9,16)17/h7,9H,2-6H2,1H3. The largest absolute Gasteiger partial charge is 0.291 e. The molecule has 0 aromatic carbocycles. The molecule has 1 unspecified atom stereocenters. The number of hydrogen-bond donors (Lipinski definition) is 0. The van der Waals surface area contributed by atoms with Gasteiger partial charge in [0.15, 0.2) is 15.6 Å². The topological polar surface area (TPSA) is 69.0 Å². The number of ketones is 1. The molecule has 2 heterocycles. The van der Waals surface area contributed by atoms with E-state index in [0.29, 0.717) is 29.6 Å². The summed E-state index contributed by atoms with van der Waals surface area (Å²) >= 11 is 3.26. The van der Waals surface area contributed by atoms with Gasteiger partial charge in [-0.15, -0.1) is 0 Å². The van der Waals surface area contributed by atoms with Crippen molar-refractivity contribution in [2.24, 2.45) is 0 Å². The average molecular weight is 335 g/mol. The van der Waals surface area contributed by atoms with Gasteiger partial charge in [0.25, 0.3) is 0 Å². The van der Waals surface area contributed by atoms with Gasteiger partial charge in [-0.25, -0.2) is 8.42 Å². The summed E-state index contributed by atoms with van der Waals surface area (Å²) in [5, 5.41) is 3.15. The molecule has 1 aromatic heterocycles. The van der Waals surface area contributed by atoms with Crippen LogP contribution in [0.15, 0.2) is 10.7 Å². The number of hydrogen-bond acceptors (Lipinski definition) is 4. The summed E-state index contributed by atoms with van der Waals surface area (Å²) in [6.45, 7) is 2.41. The molecule has 5 nitrogen and oxygen atoms in total. The number of sulfone groups is 1. The van der Waals surface area contributed by atoms with Gasteiger partial charge >= 0.3 is 0 Å². The molecule has 0 amide bonds. The van der Waals surface area contributed by atoms with Gasteiger partial charge in [0.1, 0.15) is 10.9 Å². The molecule has 1 atom stereocenters. The van der Waals surface area contributed by atoms with Crippen molar-refractivity contribution in [1.29, 1.82) is 0 Å². The smallest absolute Gasteiger partial charge is 0.200 e. The first-order valence-electron chi connectivity index (χ1n) is 5.94. The van der Waals surface area contributed by atoms with Crippen LogP contribution in [0.3, 0.4) is 0 Å². The summed E-state index contributed by atoms with van der Waals surface area (Å²) in [6.07, 6.45) is 3.39. The highest BCUT2D eigenvalue weighted by Crippen LogP contribution is 2.26. The van der Waals surface area contributed by atoms with E-state index in [4.69, 9.17) is 0 Å². The lowest BCUT2D eigenvalue weighted by molar-refractivity contribution is 0.0970. The van der Waals surface area contributed by atoms with Crippen molar-refractivity contribution in [2.45, 2.75) is 38.0 Å². The number of carbonyl (C=O) groups is 1. The first kappa shape index (κ1) is 13.7. The highest BCUT2D eigenvalue weighted by molar-refractivity contribution is 9.10. The van der Waals surface area contributed by atoms with Crippen molar-refractivity contribution in [3.05, 3.63) is 16.4 Å². The Labute approximate surface area is 115 Å². The maximum absolute atomic E-state index is 12.4. The number of rotatable bonds is 3. The molecule has 100 valence electrons. The fourth-order valence-corrected chi connectivity index (χ4v) is 4.59. The number of halogens is 1. The Morgan fingerprint density at radius 1 is 1.56 bits per heavy atom. The lowest BCUT2D eigenvalue weighted by Gasteiger charge is -2.21. The molecule has 18 heavy (non-hydrogen) atoms. The van der Waals surface area contributed by atoms with E-state index in [2.05, 4.69) is 21.0 Å². The number of carbonyl (C=O) groups excluding carboxylic acids is 1. The van der Waals surface area contributed by atoms with Crippen LogP contribution in [0, 0.1) is 0 Å². The molecule has 0 saturated carbocycles. The van der Waals surface area contributed by atoms with Crippen molar-refractivity contribution in [1.82, 2.24) is 9.78 Å². The molecule has 7 heteroatoms. The van der Waals surface area contributed by atoms with Crippen LogP contribution in [0.2, 0.25) is 0 Å². The van der Waals surface area contributed by atoms with Crippen LogP contribution in [0.1, 0.15) is 36.7 Å². The maximum atomic E-state index is 12.4. The Hall–Kier alpha value is -0.690. The number of aryl methyl sites for hydroxylation is 1. The van der Waals surface area contributed by atoms with Gasteiger partial charge in [-0.05, 0) is 35.7 Å². The first-order valence-corrected chi connectivity index (χ1v) is 8.45. The third kappa shape index (κ3) is 2.38. The molecule has 1 saturated heterocycles. The summed E-state index contributed by atoms with van der Waals surface area (Å²) in [4.78, 5) is 12.4. The molecule has 2 rings (SSSR count). The molecule has 0 aliphatic carbocycles. The van der Waals surface area contributed by atoms with Crippen LogP contribution >= 0.6 is 15.9 Å². The second kappa shape index (κ2) is 5.13. The molecular weight excluding hydrogens is 320 g/mol. The minimum absolute atomic E-state index is 0.112. The van der Waals surface area contributed by atoms with E-state index in [-0.39, 0.29) is 11.5 Å². The van der Waals surface area contributed by atoms with Crippen molar-refractivity contribution in [3.8, 4) is 0 Å². The second-order valence-corrected chi connectivity index (χ2v) is 7.53. The normalized spacial score (nSPS) is 22.9. The summed E-state index contributed by atoms with van der Waals surface area (Å²) in [7, 11) is -3.30. The molecule has 0 spiro atoms. The highest BCUT2D eigenvalue weighted by Gasteiger charge is 2.37. The summed E-state index contributed by atoms with van der Waals surface area (Å²) < 4.78 is 26.0. The molecule has 0 N–H and O–H groups in total. The van der Waals surface area contributed by atoms with E-state index in [0.717, 1.165) is 6.42 Å². The van der Waals surface area contributed by atoms with Crippen LogP contribution < -0.4 is 0 Å². The third-order valence-electron chi connectivity index (χ3n) is 3.20. The summed E-state index contributed by atoms with van der Waals surface area (Å²) in [6, 6.07) is 0. The summed E-state index contributed by atoms with van der Waals surface area (Å²) in [5.41, 5.74) is 0.368. The highest BCUT2D eigenvalue weighted by atomic mass is 79.9. The average Bonchev–Trinajstić information content (AvgIpc) is 2.69. The zero-order valence-electron chi connectivity index (χ0n) is 10.1. The maximum Gasteiger partial charge on any atom is 0.200 e. The van der Waals surface area contributed by atoms with Gasteiger partial charge in [0, 0.05) is 6.54 Å². The molecule has 0 bridgehead atoms. The number of aromatic nitrogens is 2. The zero-order chi connectivity index (χ0) is 13.3. The first-order chi connectivity index (χ1) is 8.47. The predicted molar refractivity (Wildman–Crippen MR) is 71.4 cm³/mol. The zero-order valence-corrected chi connectivity index (χ0v) is 12.5. The molecule has 1 fully saturated rings. The second-order valence-electron chi connectivity index (χ2n) is 4.37. The molecule has 1 aromatic rings. The Balaban J connectivity index is 2.39. The van der Waals surface area contributed by atoms with Crippen molar-refractivity contribution in [2.75, 3.05) is 5.75 Å². The Kier molecular flexibility index (Phi) is 3.91. The molecule has 0 radical (unpaired) electrons. The van der Waals surface area contributed by atoms with Crippen LogP contribution in [-0.4, -0.2) is 35.0 Å². The van der Waals surface area contributed by atoms with Gasteiger partial charge in [0.2, 0.25) is 0 Å². The molecule has 1 aliphatic heterocycles. The van der Waals surface area contributed by atoms with Crippen molar-refractivity contribution < 1.29 is 13.2 Å². The number of nitrogens with zero attached hydrogens (tertiary/aromatic N) is 2.